The van der Waals surface area contributed by atoms with Crippen molar-refractivity contribution in [2.75, 3.05) is 7.11 Å². The van der Waals surface area contributed by atoms with Gasteiger partial charge in [-0.2, -0.15) is 0 Å². The quantitative estimate of drug-likeness (QED) is 0.490. The highest BCUT2D eigenvalue weighted by Gasteiger charge is 2.24. The summed E-state index contributed by atoms with van der Waals surface area (Å²) in [7, 11) is 1.64. The maximum Gasteiger partial charge on any atom is 0.136 e. The summed E-state index contributed by atoms with van der Waals surface area (Å²) in [6, 6.07) is 20.6. The SMILES string of the molecule is COc1ccc(-c2c3c(cc4ccc(O)cc24)-c2ccc(O)cc2CO3)cc1. The summed E-state index contributed by atoms with van der Waals surface area (Å²) in [6.07, 6.45) is 0. The Hall–Kier alpha value is -3.66. The minimum Gasteiger partial charge on any atom is -0.508 e. The summed E-state index contributed by atoms with van der Waals surface area (Å²) in [6.45, 7) is 0.379. The molecule has 0 spiro atoms. The molecule has 4 heteroatoms. The summed E-state index contributed by atoms with van der Waals surface area (Å²) >= 11 is 0. The molecule has 2 N–H and O–H groups in total. The Bertz CT molecular complexity index is 1210. The lowest BCUT2D eigenvalue weighted by molar-refractivity contribution is 0.303. The molecule has 0 unspecified atom stereocenters. The van der Waals surface area contributed by atoms with Crippen molar-refractivity contribution in [3.8, 4) is 45.3 Å². The number of hydrogen-bond donors (Lipinski definition) is 2. The van der Waals surface area contributed by atoms with E-state index in [9.17, 15) is 10.2 Å². The van der Waals surface area contributed by atoms with Crippen LogP contribution >= 0.6 is 0 Å². The van der Waals surface area contributed by atoms with E-state index in [2.05, 4.69) is 6.07 Å². The highest BCUT2D eigenvalue weighted by Crippen LogP contribution is 2.48. The van der Waals surface area contributed by atoms with Crippen molar-refractivity contribution in [2.24, 2.45) is 0 Å². The van der Waals surface area contributed by atoms with Gasteiger partial charge in [0, 0.05) is 16.7 Å². The fourth-order valence-electron chi connectivity index (χ4n) is 3.87. The van der Waals surface area contributed by atoms with Gasteiger partial charge in [0.25, 0.3) is 0 Å². The van der Waals surface area contributed by atoms with E-state index in [4.69, 9.17) is 9.47 Å². The molecule has 28 heavy (non-hydrogen) atoms. The van der Waals surface area contributed by atoms with E-state index in [-0.39, 0.29) is 11.5 Å². The van der Waals surface area contributed by atoms with Crippen molar-refractivity contribution in [1.29, 1.82) is 0 Å². The number of ether oxygens (including phenoxy) is 2. The lowest BCUT2D eigenvalue weighted by Crippen LogP contribution is -2.07. The Morgan fingerprint density at radius 2 is 1.57 bits per heavy atom. The number of methoxy groups -OCH3 is 1. The Balaban J connectivity index is 1.85. The van der Waals surface area contributed by atoms with Gasteiger partial charge in [0.1, 0.15) is 29.6 Å². The molecule has 0 amide bonds. The largest absolute Gasteiger partial charge is 0.508 e. The number of benzene rings is 4. The fraction of sp³-hybridized carbons (Fsp3) is 0.0833. The van der Waals surface area contributed by atoms with Gasteiger partial charge in [-0.1, -0.05) is 24.3 Å². The Kier molecular flexibility index (Phi) is 3.66. The molecular weight excluding hydrogens is 352 g/mol. The third-order valence-electron chi connectivity index (χ3n) is 5.21. The lowest BCUT2D eigenvalue weighted by Gasteiger charge is -2.25. The number of hydrogen-bond acceptors (Lipinski definition) is 4. The fourth-order valence-corrected chi connectivity index (χ4v) is 3.87. The summed E-state index contributed by atoms with van der Waals surface area (Å²) in [4.78, 5) is 0. The molecule has 1 aliphatic rings. The van der Waals surface area contributed by atoms with Crippen LogP contribution in [0.4, 0.5) is 0 Å². The van der Waals surface area contributed by atoms with E-state index in [0.717, 1.165) is 50.1 Å². The summed E-state index contributed by atoms with van der Waals surface area (Å²) in [5.74, 6) is 2.00. The highest BCUT2D eigenvalue weighted by molar-refractivity contribution is 6.05. The van der Waals surface area contributed by atoms with E-state index < -0.39 is 0 Å². The van der Waals surface area contributed by atoms with Crippen molar-refractivity contribution in [3.63, 3.8) is 0 Å². The molecule has 4 nitrogen and oxygen atoms in total. The molecule has 4 aromatic rings. The van der Waals surface area contributed by atoms with Gasteiger partial charge in [0.2, 0.25) is 0 Å². The van der Waals surface area contributed by atoms with E-state index >= 15 is 0 Å². The van der Waals surface area contributed by atoms with E-state index in [1.165, 1.54) is 0 Å². The van der Waals surface area contributed by atoms with Crippen molar-refractivity contribution in [2.45, 2.75) is 6.61 Å². The van der Waals surface area contributed by atoms with Crippen LogP contribution in [0, 0.1) is 0 Å². The van der Waals surface area contributed by atoms with Crippen molar-refractivity contribution < 1.29 is 19.7 Å². The number of fused-ring (bicyclic) bond motifs is 4. The smallest absolute Gasteiger partial charge is 0.136 e. The van der Waals surface area contributed by atoms with Gasteiger partial charge in [0.15, 0.2) is 0 Å². The molecule has 1 aliphatic heterocycles. The predicted octanol–water partition coefficient (Wildman–Crippen LogP) is 5.49. The molecule has 0 fully saturated rings. The molecule has 0 aromatic heterocycles. The van der Waals surface area contributed by atoms with E-state index in [1.807, 2.05) is 36.4 Å². The van der Waals surface area contributed by atoms with Crippen molar-refractivity contribution in [3.05, 3.63) is 72.3 Å². The average Bonchev–Trinajstić information content (AvgIpc) is 2.72. The molecule has 5 rings (SSSR count). The van der Waals surface area contributed by atoms with Crippen LogP contribution in [0.3, 0.4) is 0 Å². The number of phenolic OH excluding ortho intramolecular Hbond substituents is 2. The van der Waals surface area contributed by atoms with E-state index in [1.54, 1.807) is 31.4 Å². The number of phenols is 2. The van der Waals surface area contributed by atoms with Gasteiger partial charge in [-0.25, -0.2) is 0 Å². The van der Waals surface area contributed by atoms with Gasteiger partial charge < -0.3 is 19.7 Å². The number of rotatable bonds is 2. The van der Waals surface area contributed by atoms with Crippen LogP contribution in [0.15, 0.2) is 66.7 Å². The van der Waals surface area contributed by atoms with Gasteiger partial charge in [-0.05, 0) is 64.4 Å². The molecule has 0 radical (unpaired) electrons. The zero-order valence-corrected chi connectivity index (χ0v) is 15.3. The topological polar surface area (TPSA) is 58.9 Å². The molecular formula is C24H18O4. The van der Waals surface area contributed by atoms with Crippen LogP contribution in [0.1, 0.15) is 5.56 Å². The molecule has 1 heterocycles. The van der Waals surface area contributed by atoms with Gasteiger partial charge in [-0.3, -0.25) is 0 Å². The van der Waals surface area contributed by atoms with Crippen LogP contribution < -0.4 is 9.47 Å². The second kappa shape index (κ2) is 6.20. The maximum atomic E-state index is 10.1. The molecule has 0 saturated heterocycles. The predicted molar refractivity (Wildman–Crippen MR) is 109 cm³/mol. The normalized spacial score (nSPS) is 12.2. The van der Waals surface area contributed by atoms with Crippen LogP contribution in [0.5, 0.6) is 23.0 Å². The van der Waals surface area contributed by atoms with Crippen molar-refractivity contribution >= 4 is 10.8 Å². The van der Waals surface area contributed by atoms with E-state index in [0.29, 0.717) is 6.61 Å². The third-order valence-corrected chi connectivity index (χ3v) is 5.21. The van der Waals surface area contributed by atoms with Crippen LogP contribution in [-0.2, 0) is 6.61 Å². The van der Waals surface area contributed by atoms with Crippen molar-refractivity contribution in [1.82, 2.24) is 0 Å². The van der Waals surface area contributed by atoms with Gasteiger partial charge in [0.05, 0.1) is 7.11 Å². The molecule has 0 aliphatic carbocycles. The van der Waals surface area contributed by atoms with Crippen LogP contribution in [0.25, 0.3) is 33.0 Å². The Morgan fingerprint density at radius 3 is 2.36 bits per heavy atom. The Morgan fingerprint density at radius 1 is 0.821 bits per heavy atom. The van der Waals surface area contributed by atoms with Gasteiger partial charge >= 0.3 is 0 Å². The van der Waals surface area contributed by atoms with Crippen LogP contribution in [0.2, 0.25) is 0 Å². The Labute approximate surface area is 162 Å². The maximum absolute atomic E-state index is 10.1. The summed E-state index contributed by atoms with van der Waals surface area (Å²) < 4.78 is 11.5. The number of aromatic hydroxyl groups is 2. The third kappa shape index (κ3) is 2.54. The first kappa shape index (κ1) is 16.5. The minimum absolute atomic E-state index is 0.211. The lowest BCUT2D eigenvalue weighted by atomic mass is 9.88. The molecule has 4 aromatic carbocycles. The standard InChI is InChI=1S/C24H18O4/c1-27-19-7-3-14(4-8-19)23-21-12-18(26)5-2-15(21)11-22-20-9-6-17(25)10-16(20)13-28-24(22)23/h2-12,25-26H,13H2,1H3. The molecule has 0 atom stereocenters. The summed E-state index contributed by atoms with van der Waals surface area (Å²) in [5, 5.41) is 21.8. The first-order valence-corrected chi connectivity index (χ1v) is 9.03. The first-order chi connectivity index (χ1) is 13.6. The zero-order chi connectivity index (χ0) is 19.3. The molecule has 138 valence electrons. The van der Waals surface area contributed by atoms with Crippen LogP contribution in [-0.4, -0.2) is 17.3 Å². The molecule has 0 saturated carbocycles. The average molecular weight is 370 g/mol. The van der Waals surface area contributed by atoms with Gasteiger partial charge in [-0.15, -0.1) is 0 Å². The summed E-state index contributed by atoms with van der Waals surface area (Å²) in [5.41, 5.74) is 4.89. The first-order valence-electron chi connectivity index (χ1n) is 9.03. The molecule has 0 bridgehead atoms. The second-order valence-electron chi connectivity index (χ2n) is 6.89. The highest BCUT2D eigenvalue weighted by atomic mass is 16.5. The zero-order valence-electron chi connectivity index (χ0n) is 15.3. The monoisotopic (exact) mass is 370 g/mol. The minimum atomic E-state index is 0.211. The second-order valence-corrected chi connectivity index (χ2v) is 6.89.